The molecule has 0 atom stereocenters. The molecule has 0 saturated heterocycles. The van der Waals surface area contributed by atoms with E-state index in [0.29, 0.717) is 0 Å². The van der Waals surface area contributed by atoms with Crippen molar-refractivity contribution in [1.29, 1.82) is 0 Å². The molecule has 0 aliphatic rings. The number of ketones is 1. The van der Waals surface area contributed by atoms with Crippen molar-refractivity contribution in [3.63, 3.8) is 0 Å². The quantitative estimate of drug-likeness (QED) is 0.438. The van der Waals surface area contributed by atoms with Crippen LogP contribution in [0.15, 0.2) is 24.3 Å². The van der Waals surface area contributed by atoms with Crippen molar-refractivity contribution in [2.45, 2.75) is 6.92 Å². The average Bonchev–Trinajstić information content (AvgIpc) is 1.88. The van der Waals surface area contributed by atoms with Crippen LogP contribution in [0.2, 0.25) is 0 Å². The number of hydrogen-bond donors (Lipinski definition) is 0. The predicted octanol–water partition coefficient (Wildman–Crippen LogP) is 1.68. The van der Waals surface area contributed by atoms with Crippen LogP contribution < -0.4 is 4.16 Å². The fourth-order valence-corrected chi connectivity index (χ4v) is 1.23. The molecule has 0 amide bonds. The molecule has 1 aromatic rings. The molecule has 0 aromatic heterocycles. The maximum absolute atomic E-state index is 10.8. The van der Waals surface area contributed by atoms with Gasteiger partial charge in [-0.15, -0.1) is 24.0 Å². The average molecular weight is 312 g/mol. The minimum absolute atomic E-state index is 0. The van der Waals surface area contributed by atoms with Crippen LogP contribution in [-0.2, 0) is 18.3 Å². The molecule has 0 unspecified atom stereocenters. The Morgan fingerprint density at radius 1 is 1.27 bits per heavy atom. The summed E-state index contributed by atoms with van der Waals surface area (Å²) in [5, 5.41) is 0. The Bertz CT molecular complexity index is 243. The number of carbonyl (C=O) groups is 1. The number of hydrogen-bond acceptors (Lipinski definition) is 1. The van der Waals surface area contributed by atoms with E-state index in [2.05, 4.69) is 0 Å². The third kappa shape index (κ3) is 3.43. The van der Waals surface area contributed by atoms with Gasteiger partial charge in [0.05, 0.1) is 0 Å². The molecule has 0 saturated carbocycles. The monoisotopic (exact) mass is 311 g/mol. The topological polar surface area (TPSA) is 17.1 Å². The number of rotatable bonds is 1. The maximum Gasteiger partial charge on any atom is -0.107 e. The van der Waals surface area contributed by atoms with E-state index in [0.717, 1.165) is 23.9 Å². The van der Waals surface area contributed by atoms with Crippen molar-refractivity contribution >= 4 is 33.9 Å². The Kier molecular flexibility index (Phi) is 5.10. The summed E-state index contributed by atoms with van der Waals surface area (Å²) >= 11 is 1.15. The summed E-state index contributed by atoms with van der Waals surface area (Å²) in [6.45, 7) is 1.58. The summed E-state index contributed by atoms with van der Waals surface area (Å²) in [5.74, 6) is 0.139. The zero-order chi connectivity index (χ0) is 7.56. The molecule has 1 nitrogen and oxygen atoms in total. The van der Waals surface area contributed by atoms with Gasteiger partial charge in [-0.1, -0.05) is 0 Å². The Labute approximate surface area is 93.3 Å². The number of carbonyl (C=O) groups excluding carboxylic acids is 1. The van der Waals surface area contributed by atoms with Gasteiger partial charge in [0.2, 0.25) is 0 Å². The minimum atomic E-state index is 0. The molecule has 1 aromatic carbocycles. The van der Waals surface area contributed by atoms with Gasteiger partial charge in [-0.2, -0.15) is 0 Å². The molecular weight excluding hydrogens is 304 g/mol. The van der Waals surface area contributed by atoms with Gasteiger partial charge in [0, 0.05) is 0 Å². The van der Waals surface area contributed by atoms with E-state index in [9.17, 15) is 4.79 Å². The fraction of sp³-hybridized carbons (Fsp3) is 0.125. The van der Waals surface area contributed by atoms with Crippen molar-refractivity contribution in [2.24, 2.45) is 0 Å². The van der Waals surface area contributed by atoms with E-state index in [1.54, 1.807) is 6.92 Å². The van der Waals surface area contributed by atoms with E-state index in [-0.39, 0.29) is 29.8 Å². The molecule has 1 rings (SSSR count). The zero-order valence-electron chi connectivity index (χ0n) is 6.33. The van der Waals surface area contributed by atoms with Crippen LogP contribution in [-0.4, -0.2) is 5.78 Å². The molecule has 0 N–H and O–H groups in total. The van der Waals surface area contributed by atoms with Gasteiger partial charge in [0.25, 0.3) is 0 Å². The molecule has 0 heterocycles. The predicted molar refractivity (Wildman–Crippen MR) is 51.5 cm³/mol. The molecule has 0 bridgehead atoms. The SMILES string of the molecule is CC(=O)c1cc[c]([Zn])cc1.I. The minimum Gasteiger partial charge on any atom is -0.107 e. The number of halogens is 1. The summed E-state index contributed by atoms with van der Waals surface area (Å²) in [5.41, 5.74) is 0.803. The zero-order valence-corrected chi connectivity index (χ0v) is 11.6. The first kappa shape index (κ1) is 11.2. The second-order valence-electron chi connectivity index (χ2n) is 2.25. The van der Waals surface area contributed by atoms with Crippen molar-refractivity contribution in [2.75, 3.05) is 0 Å². The van der Waals surface area contributed by atoms with E-state index in [1.165, 1.54) is 4.16 Å². The maximum atomic E-state index is 10.8. The van der Waals surface area contributed by atoms with Crippen molar-refractivity contribution in [1.82, 2.24) is 0 Å². The van der Waals surface area contributed by atoms with Crippen LogP contribution >= 0.6 is 24.0 Å². The standard InChI is InChI=1S/C8H7O.HI.Zn/c1-7(9)8-5-3-2-4-6-8;;/h3-6H,1H3;1H;. The van der Waals surface area contributed by atoms with Gasteiger partial charge >= 0.3 is 69.8 Å². The first-order valence-electron chi connectivity index (χ1n) is 3.13. The van der Waals surface area contributed by atoms with E-state index in [1.807, 2.05) is 24.3 Å². The summed E-state index contributed by atoms with van der Waals surface area (Å²) < 4.78 is 1.31. The van der Waals surface area contributed by atoms with E-state index >= 15 is 0 Å². The molecular formula is C8H8IOZn. The summed E-state index contributed by atoms with van der Waals surface area (Å²) in [4.78, 5) is 10.8. The molecule has 0 spiro atoms. The van der Waals surface area contributed by atoms with Crippen LogP contribution in [0.4, 0.5) is 0 Å². The van der Waals surface area contributed by atoms with Gasteiger partial charge < -0.3 is 0 Å². The summed E-state index contributed by atoms with van der Waals surface area (Å²) in [7, 11) is 0. The Balaban J connectivity index is 0.000001000. The second kappa shape index (κ2) is 4.99. The molecule has 0 radical (unpaired) electrons. The van der Waals surface area contributed by atoms with Gasteiger partial charge in [-0.05, 0) is 0 Å². The smallest absolute Gasteiger partial charge is 0.107 e. The van der Waals surface area contributed by atoms with Gasteiger partial charge in [0.1, 0.15) is 0 Å². The molecule has 11 heavy (non-hydrogen) atoms. The van der Waals surface area contributed by atoms with E-state index in [4.69, 9.17) is 0 Å². The molecule has 0 aliphatic carbocycles. The Morgan fingerprint density at radius 3 is 2.09 bits per heavy atom. The van der Waals surface area contributed by atoms with Crippen LogP contribution in [0.5, 0.6) is 0 Å². The first-order valence-corrected chi connectivity index (χ1v) is 4.61. The second-order valence-corrected chi connectivity index (χ2v) is 3.97. The Hall–Kier alpha value is 0.243. The fourth-order valence-electron chi connectivity index (χ4n) is 0.739. The normalized spacial score (nSPS) is 8.64. The summed E-state index contributed by atoms with van der Waals surface area (Å²) in [6, 6.07) is 7.75. The third-order valence-corrected chi connectivity index (χ3v) is 2.35. The summed E-state index contributed by atoms with van der Waals surface area (Å²) in [6.07, 6.45) is 0. The van der Waals surface area contributed by atoms with Crippen molar-refractivity contribution < 1.29 is 23.1 Å². The number of benzene rings is 1. The molecule has 55 valence electrons. The molecule has 0 fully saturated rings. The molecule has 0 aliphatic heterocycles. The number of Topliss-reactive ketones (excluding diaryl/α,β-unsaturated/α-hetero) is 1. The van der Waals surface area contributed by atoms with E-state index < -0.39 is 0 Å². The van der Waals surface area contributed by atoms with Gasteiger partial charge in [-0.3, -0.25) is 0 Å². The largest absolute Gasteiger partial charge is 0.107 e. The van der Waals surface area contributed by atoms with Crippen LogP contribution in [0.1, 0.15) is 17.3 Å². The van der Waals surface area contributed by atoms with Crippen LogP contribution in [0, 0.1) is 0 Å². The Morgan fingerprint density at radius 2 is 1.73 bits per heavy atom. The van der Waals surface area contributed by atoms with Crippen molar-refractivity contribution in [3.8, 4) is 0 Å². The van der Waals surface area contributed by atoms with Crippen LogP contribution in [0.3, 0.4) is 0 Å². The van der Waals surface area contributed by atoms with Gasteiger partial charge in [0.15, 0.2) is 0 Å². The van der Waals surface area contributed by atoms with Gasteiger partial charge in [-0.25, -0.2) is 0 Å². The third-order valence-electron chi connectivity index (χ3n) is 1.36. The van der Waals surface area contributed by atoms with Crippen LogP contribution in [0.25, 0.3) is 0 Å². The van der Waals surface area contributed by atoms with Crippen molar-refractivity contribution in [3.05, 3.63) is 29.8 Å². The molecule has 3 heteroatoms. The first-order chi connectivity index (χ1) is 4.70.